The standard InChI is InChI=1S/C11H7ClN2S/c12-10-9(6-7-13)14-11(15-10)8-4-2-1-3-5-8/h1-5H,6H2. The third-order valence-electron chi connectivity index (χ3n) is 1.92. The molecule has 0 saturated carbocycles. The van der Waals surface area contributed by atoms with Gasteiger partial charge in [0.2, 0.25) is 0 Å². The molecule has 0 spiro atoms. The number of halogens is 1. The third-order valence-corrected chi connectivity index (χ3v) is 3.30. The Morgan fingerprint density at radius 3 is 2.73 bits per heavy atom. The van der Waals surface area contributed by atoms with Crippen molar-refractivity contribution in [2.24, 2.45) is 0 Å². The first-order valence-electron chi connectivity index (χ1n) is 4.39. The molecule has 0 atom stereocenters. The van der Waals surface area contributed by atoms with Crippen molar-refractivity contribution < 1.29 is 0 Å². The molecule has 0 radical (unpaired) electrons. The lowest BCUT2D eigenvalue weighted by atomic mass is 10.2. The Morgan fingerprint density at radius 1 is 1.33 bits per heavy atom. The lowest BCUT2D eigenvalue weighted by molar-refractivity contribution is 1.16. The average Bonchev–Trinajstić information content (AvgIpc) is 2.63. The van der Waals surface area contributed by atoms with Crippen LogP contribution >= 0.6 is 22.9 Å². The summed E-state index contributed by atoms with van der Waals surface area (Å²) in [6.07, 6.45) is 0.266. The van der Waals surface area contributed by atoms with Crippen molar-refractivity contribution in [3.63, 3.8) is 0 Å². The summed E-state index contributed by atoms with van der Waals surface area (Å²) in [5, 5.41) is 9.45. The third kappa shape index (κ3) is 2.17. The number of thiazole rings is 1. The number of benzene rings is 1. The molecule has 2 rings (SSSR count). The number of rotatable bonds is 2. The van der Waals surface area contributed by atoms with Crippen LogP contribution in [-0.2, 0) is 6.42 Å². The van der Waals surface area contributed by atoms with Crippen molar-refractivity contribution in [3.8, 4) is 16.6 Å². The molecule has 2 nitrogen and oxygen atoms in total. The largest absolute Gasteiger partial charge is 0.238 e. The van der Waals surface area contributed by atoms with Gasteiger partial charge < -0.3 is 0 Å². The van der Waals surface area contributed by atoms with Gasteiger partial charge in [0, 0.05) is 5.56 Å². The summed E-state index contributed by atoms with van der Waals surface area (Å²) < 4.78 is 0.607. The van der Waals surface area contributed by atoms with Crippen LogP contribution in [0.15, 0.2) is 30.3 Å². The van der Waals surface area contributed by atoms with Crippen molar-refractivity contribution in [1.29, 1.82) is 5.26 Å². The van der Waals surface area contributed by atoms with Gasteiger partial charge >= 0.3 is 0 Å². The van der Waals surface area contributed by atoms with E-state index in [9.17, 15) is 0 Å². The maximum Gasteiger partial charge on any atom is 0.125 e. The van der Waals surface area contributed by atoms with Crippen LogP contribution in [0, 0.1) is 11.3 Å². The highest BCUT2D eigenvalue weighted by Gasteiger charge is 2.09. The van der Waals surface area contributed by atoms with Gasteiger partial charge in [-0.25, -0.2) is 4.98 Å². The number of aromatic nitrogens is 1. The second kappa shape index (κ2) is 4.43. The highest BCUT2D eigenvalue weighted by atomic mass is 35.5. The zero-order valence-corrected chi connectivity index (χ0v) is 9.35. The molecule has 0 fully saturated rings. The molecule has 1 heterocycles. The van der Waals surface area contributed by atoms with Crippen LogP contribution in [0.5, 0.6) is 0 Å². The molecule has 0 aliphatic heterocycles. The van der Waals surface area contributed by atoms with Crippen molar-refractivity contribution in [1.82, 2.24) is 4.98 Å². The van der Waals surface area contributed by atoms with Crippen LogP contribution in [0.4, 0.5) is 0 Å². The Balaban J connectivity index is 2.40. The van der Waals surface area contributed by atoms with Crippen LogP contribution in [-0.4, -0.2) is 4.98 Å². The van der Waals surface area contributed by atoms with Gasteiger partial charge in [-0.15, -0.1) is 11.3 Å². The molecule has 1 aromatic heterocycles. The van der Waals surface area contributed by atoms with E-state index in [2.05, 4.69) is 4.98 Å². The summed E-state index contributed by atoms with van der Waals surface area (Å²) in [6, 6.07) is 11.9. The molecule has 2 aromatic rings. The minimum atomic E-state index is 0.266. The maximum absolute atomic E-state index is 8.58. The van der Waals surface area contributed by atoms with Crippen LogP contribution < -0.4 is 0 Å². The van der Waals surface area contributed by atoms with E-state index in [0.29, 0.717) is 10.0 Å². The van der Waals surface area contributed by atoms with E-state index in [1.165, 1.54) is 11.3 Å². The summed E-state index contributed by atoms with van der Waals surface area (Å²) in [4.78, 5) is 4.33. The number of nitrogens with zero attached hydrogens (tertiary/aromatic N) is 2. The normalized spacial score (nSPS) is 9.87. The first kappa shape index (κ1) is 10.2. The Kier molecular flexibility index (Phi) is 3.00. The smallest absolute Gasteiger partial charge is 0.125 e. The first-order valence-corrected chi connectivity index (χ1v) is 5.58. The molecule has 74 valence electrons. The van der Waals surface area contributed by atoms with Gasteiger partial charge in [-0.1, -0.05) is 41.9 Å². The fourth-order valence-electron chi connectivity index (χ4n) is 1.22. The van der Waals surface area contributed by atoms with Gasteiger partial charge in [-0.3, -0.25) is 0 Å². The highest BCUT2D eigenvalue weighted by Crippen LogP contribution is 2.31. The van der Waals surface area contributed by atoms with E-state index in [0.717, 1.165) is 10.6 Å². The second-order valence-corrected chi connectivity index (χ2v) is 4.54. The Hall–Kier alpha value is -1.37. The molecule has 0 unspecified atom stereocenters. The quantitative estimate of drug-likeness (QED) is 0.797. The molecule has 0 bridgehead atoms. The Bertz CT molecular complexity index is 499. The van der Waals surface area contributed by atoms with Crippen molar-refractivity contribution >= 4 is 22.9 Å². The van der Waals surface area contributed by atoms with Crippen molar-refractivity contribution in [2.45, 2.75) is 6.42 Å². The Morgan fingerprint density at radius 2 is 2.07 bits per heavy atom. The van der Waals surface area contributed by atoms with Gasteiger partial charge in [0.05, 0.1) is 18.2 Å². The number of hydrogen-bond donors (Lipinski definition) is 0. The van der Waals surface area contributed by atoms with Crippen LogP contribution in [0.3, 0.4) is 0 Å². The monoisotopic (exact) mass is 234 g/mol. The second-order valence-electron chi connectivity index (χ2n) is 2.94. The van der Waals surface area contributed by atoms with Crippen LogP contribution in [0.25, 0.3) is 10.6 Å². The van der Waals surface area contributed by atoms with Gasteiger partial charge in [0.25, 0.3) is 0 Å². The molecule has 0 aliphatic carbocycles. The van der Waals surface area contributed by atoms with Crippen molar-refractivity contribution in [3.05, 3.63) is 40.4 Å². The topological polar surface area (TPSA) is 36.7 Å². The average molecular weight is 235 g/mol. The predicted octanol–water partition coefficient (Wildman–Crippen LogP) is 3.53. The zero-order chi connectivity index (χ0) is 10.7. The van der Waals surface area contributed by atoms with E-state index >= 15 is 0 Å². The molecule has 15 heavy (non-hydrogen) atoms. The SMILES string of the molecule is N#CCc1nc(-c2ccccc2)sc1Cl. The molecular formula is C11H7ClN2S. The van der Waals surface area contributed by atoms with Gasteiger partial charge in [0.15, 0.2) is 0 Å². The highest BCUT2D eigenvalue weighted by molar-refractivity contribution is 7.19. The van der Waals surface area contributed by atoms with E-state index in [4.69, 9.17) is 16.9 Å². The Labute approximate surface area is 96.8 Å². The number of nitriles is 1. The first-order chi connectivity index (χ1) is 7.31. The van der Waals surface area contributed by atoms with E-state index in [1.54, 1.807) is 0 Å². The summed E-state index contributed by atoms with van der Waals surface area (Å²) in [5.74, 6) is 0. The molecule has 0 amide bonds. The van der Waals surface area contributed by atoms with E-state index < -0.39 is 0 Å². The fourth-order valence-corrected chi connectivity index (χ4v) is 2.36. The minimum Gasteiger partial charge on any atom is -0.238 e. The summed E-state index contributed by atoms with van der Waals surface area (Å²) in [6.45, 7) is 0. The van der Waals surface area contributed by atoms with Gasteiger partial charge in [-0.05, 0) is 0 Å². The zero-order valence-electron chi connectivity index (χ0n) is 7.77. The minimum absolute atomic E-state index is 0.266. The number of hydrogen-bond acceptors (Lipinski definition) is 3. The van der Waals surface area contributed by atoms with Gasteiger partial charge in [0.1, 0.15) is 9.34 Å². The lowest BCUT2D eigenvalue weighted by Crippen LogP contribution is -1.82. The van der Waals surface area contributed by atoms with Crippen LogP contribution in [0.2, 0.25) is 4.34 Å². The van der Waals surface area contributed by atoms with Crippen LogP contribution in [0.1, 0.15) is 5.69 Å². The molecule has 0 N–H and O–H groups in total. The molecule has 4 heteroatoms. The molecule has 0 saturated heterocycles. The fraction of sp³-hybridized carbons (Fsp3) is 0.0909. The van der Waals surface area contributed by atoms with E-state index in [1.807, 2.05) is 36.4 Å². The lowest BCUT2D eigenvalue weighted by Gasteiger charge is -1.92. The summed E-state index contributed by atoms with van der Waals surface area (Å²) in [5.41, 5.74) is 1.71. The summed E-state index contributed by atoms with van der Waals surface area (Å²) >= 11 is 7.39. The van der Waals surface area contributed by atoms with Crippen molar-refractivity contribution in [2.75, 3.05) is 0 Å². The molecule has 0 aliphatic rings. The van der Waals surface area contributed by atoms with E-state index in [-0.39, 0.29) is 6.42 Å². The molecule has 1 aromatic carbocycles. The predicted molar refractivity (Wildman–Crippen MR) is 61.9 cm³/mol. The maximum atomic E-state index is 8.58. The molecular weight excluding hydrogens is 228 g/mol. The van der Waals surface area contributed by atoms with Gasteiger partial charge in [-0.2, -0.15) is 5.26 Å². The summed E-state index contributed by atoms with van der Waals surface area (Å²) in [7, 11) is 0.